The normalized spacial score (nSPS) is 16.3. The zero-order valence-electron chi connectivity index (χ0n) is 14.8. The first kappa shape index (κ1) is 19.1. The lowest BCUT2D eigenvalue weighted by Gasteiger charge is -2.46. The van der Waals surface area contributed by atoms with Gasteiger partial charge < -0.3 is 4.90 Å². The first-order chi connectivity index (χ1) is 12.7. The highest BCUT2D eigenvalue weighted by molar-refractivity contribution is 5.89. The summed E-state index contributed by atoms with van der Waals surface area (Å²) >= 11 is 0. The standard InChI is InChI=1S/C21H19F4NO/c1-20(14-21(23,24)25,11-15-6-3-2-4-7-15)26-12-16(13-27)10-17-8-5-9-18(22)19(17)26/h2-10,13H,11-12,14H2,1H3/t20-/m0/s1. The molecule has 0 saturated carbocycles. The Morgan fingerprint density at radius 1 is 1.07 bits per heavy atom. The Morgan fingerprint density at radius 2 is 1.78 bits per heavy atom. The third-order valence-electron chi connectivity index (χ3n) is 4.78. The molecule has 0 radical (unpaired) electrons. The van der Waals surface area contributed by atoms with Gasteiger partial charge in [-0.15, -0.1) is 0 Å². The van der Waals surface area contributed by atoms with Crippen LogP contribution in [0.5, 0.6) is 0 Å². The van der Waals surface area contributed by atoms with Gasteiger partial charge in [0.15, 0.2) is 0 Å². The lowest BCUT2D eigenvalue weighted by molar-refractivity contribution is -0.146. The van der Waals surface area contributed by atoms with Crippen molar-refractivity contribution in [2.24, 2.45) is 0 Å². The number of nitrogens with zero attached hydrogens (tertiary/aromatic N) is 1. The van der Waals surface area contributed by atoms with Crippen LogP contribution in [0.3, 0.4) is 0 Å². The van der Waals surface area contributed by atoms with E-state index in [-0.39, 0.29) is 18.7 Å². The molecule has 0 N–H and O–H groups in total. The minimum Gasteiger partial charge on any atom is -0.358 e. The Balaban J connectivity index is 2.12. The van der Waals surface area contributed by atoms with Crippen LogP contribution in [0.15, 0.2) is 54.1 Å². The van der Waals surface area contributed by atoms with Crippen LogP contribution in [0.4, 0.5) is 23.2 Å². The van der Waals surface area contributed by atoms with Gasteiger partial charge in [0.05, 0.1) is 17.6 Å². The number of carbonyl (C=O) groups excluding carboxylic acids is 1. The third kappa shape index (κ3) is 4.21. The molecule has 3 rings (SSSR count). The monoisotopic (exact) mass is 377 g/mol. The molecule has 0 unspecified atom stereocenters. The number of alkyl halides is 3. The van der Waals surface area contributed by atoms with E-state index >= 15 is 0 Å². The third-order valence-corrected chi connectivity index (χ3v) is 4.78. The Bertz CT molecular complexity index is 860. The minimum absolute atomic E-state index is 0.0628. The van der Waals surface area contributed by atoms with Gasteiger partial charge in [-0.05, 0) is 31.1 Å². The van der Waals surface area contributed by atoms with Crippen molar-refractivity contribution < 1.29 is 22.4 Å². The molecule has 0 bridgehead atoms. The lowest BCUT2D eigenvalue weighted by Crippen LogP contribution is -2.53. The number of fused-ring (bicyclic) bond motifs is 1. The Labute approximate surface area is 155 Å². The highest BCUT2D eigenvalue weighted by atomic mass is 19.4. The van der Waals surface area contributed by atoms with Crippen LogP contribution in [0, 0.1) is 5.82 Å². The van der Waals surface area contributed by atoms with Gasteiger partial charge in [-0.25, -0.2) is 4.39 Å². The summed E-state index contributed by atoms with van der Waals surface area (Å²) in [5.41, 5.74) is 0.0773. The van der Waals surface area contributed by atoms with Crippen LogP contribution >= 0.6 is 0 Å². The number of hydrogen-bond acceptors (Lipinski definition) is 2. The van der Waals surface area contributed by atoms with Crippen molar-refractivity contribution in [1.29, 1.82) is 0 Å². The van der Waals surface area contributed by atoms with Gasteiger partial charge in [0.2, 0.25) is 0 Å². The van der Waals surface area contributed by atoms with Crippen molar-refractivity contribution in [3.63, 3.8) is 0 Å². The molecule has 0 aromatic heterocycles. The maximum atomic E-state index is 14.6. The molecule has 142 valence electrons. The van der Waals surface area contributed by atoms with Gasteiger partial charge in [0, 0.05) is 17.7 Å². The molecule has 1 aliphatic rings. The van der Waals surface area contributed by atoms with E-state index in [0.717, 1.165) is 0 Å². The molecule has 2 aromatic carbocycles. The molecule has 0 aliphatic carbocycles. The summed E-state index contributed by atoms with van der Waals surface area (Å²) in [7, 11) is 0. The summed E-state index contributed by atoms with van der Waals surface area (Å²) in [5.74, 6) is -0.602. The fourth-order valence-corrected chi connectivity index (χ4v) is 3.69. The molecule has 2 aromatic rings. The summed E-state index contributed by atoms with van der Waals surface area (Å²) in [6.45, 7) is 1.40. The number of aldehydes is 1. The molecule has 6 heteroatoms. The predicted octanol–water partition coefficient (Wildman–Crippen LogP) is 5.18. The minimum atomic E-state index is -4.45. The number of para-hydroxylation sites is 1. The quantitative estimate of drug-likeness (QED) is 0.528. The molecule has 0 amide bonds. The van der Waals surface area contributed by atoms with E-state index in [1.807, 2.05) is 0 Å². The zero-order chi connectivity index (χ0) is 19.7. The highest BCUT2D eigenvalue weighted by Gasteiger charge is 2.45. The van der Waals surface area contributed by atoms with E-state index in [4.69, 9.17) is 0 Å². The molecular formula is C21H19F4NO. The second kappa shape index (κ2) is 7.18. The molecule has 1 heterocycles. The number of anilines is 1. The topological polar surface area (TPSA) is 20.3 Å². The highest BCUT2D eigenvalue weighted by Crippen LogP contribution is 2.41. The van der Waals surface area contributed by atoms with Crippen molar-refractivity contribution in [2.45, 2.75) is 31.5 Å². The van der Waals surface area contributed by atoms with Crippen LogP contribution in [-0.2, 0) is 11.2 Å². The second-order valence-corrected chi connectivity index (χ2v) is 7.05. The number of halogens is 4. The summed E-state index contributed by atoms with van der Waals surface area (Å²) in [5, 5.41) is 0. The molecule has 1 atom stereocenters. The molecule has 0 fully saturated rings. The smallest absolute Gasteiger partial charge is 0.358 e. The Kier molecular flexibility index (Phi) is 5.09. The van der Waals surface area contributed by atoms with Crippen molar-refractivity contribution in [3.8, 4) is 0 Å². The maximum absolute atomic E-state index is 14.6. The Hall–Kier alpha value is -2.63. The van der Waals surface area contributed by atoms with E-state index in [2.05, 4.69) is 0 Å². The van der Waals surface area contributed by atoms with Gasteiger partial charge in [0.25, 0.3) is 0 Å². The largest absolute Gasteiger partial charge is 0.391 e. The number of hydrogen-bond donors (Lipinski definition) is 0. The van der Waals surface area contributed by atoms with Crippen LogP contribution in [-0.4, -0.2) is 24.5 Å². The number of rotatable bonds is 5. The van der Waals surface area contributed by atoms with Gasteiger partial charge in [-0.1, -0.05) is 42.5 Å². The van der Waals surface area contributed by atoms with E-state index in [1.165, 1.54) is 30.0 Å². The van der Waals surface area contributed by atoms with Gasteiger partial charge >= 0.3 is 6.18 Å². The van der Waals surface area contributed by atoms with Gasteiger partial charge in [-0.3, -0.25) is 4.79 Å². The molecular weight excluding hydrogens is 358 g/mol. The van der Waals surface area contributed by atoms with E-state index < -0.39 is 24.0 Å². The van der Waals surface area contributed by atoms with E-state index in [0.29, 0.717) is 23.0 Å². The maximum Gasteiger partial charge on any atom is 0.391 e. The van der Waals surface area contributed by atoms with Crippen molar-refractivity contribution in [1.82, 2.24) is 0 Å². The Morgan fingerprint density at radius 3 is 2.41 bits per heavy atom. The molecule has 0 spiro atoms. The summed E-state index contributed by atoms with van der Waals surface area (Å²) in [6.07, 6.45) is -3.38. The molecule has 0 saturated heterocycles. The van der Waals surface area contributed by atoms with Crippen LogP contribution in [0.25, 0.3) is 6.08 Å². The average Bonchev–Trinajstić information content (AvgIpc) is 2.60. The average molecular weight is 377 g/mol. The predicted molar refractivity (Wildman–Crippen MR) is 97.0 cm³/mol. The van der Waals surface area contributed by atoms with Crippen LogP contribution < -0.4 is 4.90 Å². The van der Waals surface area contributed by atoms with E-state index in [9.17, 15) is 22.4 Å². The first-order valence-electron chi connectivity index (χ1n) is 8.54. The summed E-state index contributed by atoms with van der Waals surface area (Å²) < 4.78 is 55.0. The number of carbonyl (C=O) groups is 1. The van der Waals surface area contributed by atoms with Crippen molar-refractivity contribution in [3.05, 3.63) is 71.0 Å². The second-order valence-electron chi connectivity index (χ2n) is 7.05. The van der Waals surface area contributed by atoms with Gasteiger partial charge in [-0.2, -0.15) is 13.2 Å². The molecule has 2 nitrogen and oxygen atoms in total. The van der Waals surface area contributed by atoms with Crippen LogP contribution in [0.1, 0.15) is 24.5 Å². The lowest BCUT2D eigenvalue weighted by atomic mass is 9.84. The fraction of sp³-hybridized carbons (Fsp3) is 0.286. The molecule has 27 heavy (non-hydrogen) atoms. The van der Waals surface area contributed by atoms with Crippen molar-refractivity contribution in [2.75, 3.05) is 11.4 Å². The van der Waals surface area contributed by atoms with Crippen LogP contribution in [0.2, 0.25) is 0 Å². The SMILES string of the molecule is C[C@](Cc1ccccc1)(CC(F)(F)F)N1CC(C=O)=Cc2cccc(F)c21. The summed E-state index contributed by atoms with van der Waals surface area (Å²) in [4.78, 5) is 12.8. The first-order valence-corrected chi connectivity index (χ1v) is 8.54. The summed E-state index contributed by atoms with van der Waals surface area (Å²) in [6, 6.07) is 13.1. The molecule has 1 aliphatic heterocycles. The van der Waals surface area contributed by atoms with Gasteiger partial charge in [0.1, 0.15) is 12.1 Å². The zero-order valence-corrected chi connectivity index (χ0v) is 14.8. The number of benzene rings is 2. The van der Waals surface area contributed by atoms with Crippen molar-refractivity contribution >= 4 is 18.0 Å². The van der Waals surface area contributed by atoms with E-state index in [1.54, 1.807) is 36.4 Å². The fourth-order valence-electron chi connectivity index (χ4n) is 3.69.